The highest BCUT2D eigenvalue weighted by Crippen LogP contribution is 2.34. The van der Waals surface area contributed by atoms with Gasteiger partial charge >= 0.3 is 0 Å². The van der Waals surface area contributed by atoms with Crippen molar-refractivity contribution in [2.75, 3.05) is 36.4 Å². The summed E-state index contributed by atoms with van der Waals surface area (Å²) in [7, 11) is 2.04. The van der Waals surface area contributed by atoms with Gasteiger partial charge in [-0.05, 0) is 43.0 Å². The minimum Gasteiger partial charge on any atom is -0.493 e. The second-order valence-electron chi connectivity index (χ2n) is 9.25. The summed E-state index contributed by atoms with van der Waals surface area (Å²) in [6.07, 6.45) is 3.97. The lowest BCUT2D eigenvalue weighted by molar-refractivity contribution is -0.129. The number of nitrogens with one attached hydrogen (secondary N) is 1. The minimum atomic E-state index is 0.0837. The van der Waals surface area contributed by atoms with Crippen molar-refractivity contribution in [2.45, 2.75) is 33.4 Å². The number of carbonyl (C=O) groups is 1. The molecule has 1 aliphatic rings. The fraction of sp³-hybridized carbons (Fsp3) is 0.400. The Morgan fingerprint density at radius 1 is 1.15 bits per heavy atom. The first-order chi connectivity index (χ1) is 16.3. The van der Waals surface area contributed by atoms with Crippen LogP contribution in [-0.2, 0) is 18.4 Å². The first-order valence-corrected chi connectivity index (χ1v) is 11.7. The van der Waals surface area contributed by atoms with E-state index in [1.54, 1.807) is 6.92 Å². The maximum Gasteiger partial charge on any atom is 0.228 e. The number of hydrogen-bond donors (Lipinski definition) is 2. The molecule has 9 heteroatoms. The van der Waals surface area contributed by atoms with E-state index < -0.39 is 0 Å². The summed E-state index contributed by atoms with van der Waals surface area (Å²) in [5.41, 5.74) is 2.88. The molecule has 34 heavy (non-hydrogen) atoms. The normalized spacial score (nSPS) is 14.5. The van der Waals surface area contributed by atoms with Crippen molar-refractivity contribution >= 4 is 39.5 Å². The van der Waals surface area contributed by atoms with Gasteiger partial charge in [0.05, 0.1) is 5.39 Å². The largest absolute Gasteiger partial charge is 0.493 e. The number of piperazine rings is 1. The smallest absolute Gasteiger partial charge is 0.228 e. The second kappa shape index (κ2) is 8.55. The van der Waals surface area contributed by atoms with Crippen molar-refractivity contribution in [1.82, 2.24) is 24.0 Å². The van der Waals surface area contributed by atoms with Gasteiger partial charge in [0.25, 0.3) is 0 Å². The number of anilines is 2. The Balaban J connectivity index is 1.48. The molecule has 4 aromatic rings. The van der Waals surface area contributed by atoms with Crippen LogP contribution in [0.2, 0.25) is 0 Å². The van der Waals surface area contributed by atoms with Gasteiger partial charge in [0.2, 0.25) is 17.7 Å². The van der Waals surface area contributed by atoms with Crippen molar-refractivity contribution in [3.63, 3.8) is 0 Å². The van der Waals surface area contributed by atoms with E-state index in [1.807, 2.05) is 36.6 Å². The van der Waals surface area contributed by atoms with Crippen LogP contribution in [0.5, 0.6) is 5.88 Å². The molecule has 0 atom stereocenters. The highest BCUT2D eigenvalue weighted by molar-refractivity contribution is 5.94. The number of benzene rings is 1. The maximum atomic E-state index is 11.7. The Kier molecular flexibility index (Phi) is 5.55. The van der Waals surface area contributed by atoms with Crippen LogP contribution in [0.3, 0.4) is 0 Å². The van der Waals surface area contributed by atoms with Gasteiger partial charge in [0, 0.05) is 70.6 Å². The van der Waals surface area contributed by atoms with Crippen molar-refractivity contribution in [3.05, 3.63) is 42.2 Å². The number of fused-ring (bicyclic) bond motifs is 2. The van der Waals surface area contributed by atoms with Crippen LogP contribution in [-0.4, -0.2) is 61.2 Å². The molecule has 1 aromatic carbocycles. The molecule has 0 saturated carbocycles. The summed E-state index contributed by atoms with van der Waals surface area (Å²) in [5, 5.41) is 16.4. The molecule has 0 unspecified atom stereocenters. The Morgan fingerprint density at radius 3 is 2.62 bits per heavy atom. The minimum absolute atomic E-state index is 0.0837. The van der Waals surface area contributed by atoms with Crippen molar-refractivity contribution in [2.24, 2.45) is 7.05 Å². The number of rotatable bonds is 5. The molecule has 0 radical (unpaired) electrons. The SMILES string of the molecule is CC(=O)N1CCN(c2nc(NCc3ccc4c(ccn4C)c3)c3cn(C(C)C)c(O)c3n2)CC1. The van der Waals surface area contributed by atoms with Gasteiger partial charge in [0.15, 0.2) is 0 Å². The van der Waals surface area contributed by atoms with Crippen molar-refractivity contribution < 1.29 is 9.90 Å². The van der Waals surface area contributed by atoms with Crippen LogP contribution >= 0.6 is 0 Å². The van der Waals surface area contributed by atoms with E-state index in [9.17, 15) is 9.90 Å². The molecule has 3 aromatic heterocycles. The lowest BCUT2D eigenvalue weighted by Gasteiger charge is -2.34. The van der Waals surface area contributed by atoms with Crippen LogP contribution in [0.25, 0.3) is 21.8 Å². The van der Waals surface area contributed by atoms with Gasteiger partial charge < -0.3 is 29.4 Å². The Hall–Kier alpha value is -3.75. The molecular weight excluding hydrogens is 430 g/mol. The van der Waals surface area contributed by atoms with Crippen LogP contribution in [0.1, 0.15) is 32.4 Å². The molecule has 1 aliphatic heterocycles. The van der Waals surface area contributed by atoms with Gasteiger partial charge in [-0.2, -0.15) is 4.98 Å². The monoisotopic (exact) mass is 461 g/mol. The lowest BCUT2D eigenvalue weighted by Crippen LogP contribution is -2.48. The topological polar surface area (TPSA) is 91.5 Å². The number of aromatic hydroxyl groups is 1. The van der Waals surface area contributed by atoms with Gasteiger partial charge in [-0.3, -0.25) is 4.79 Å². The van der Waals surface area contributed by atoms with E-state index in [4.69, 9.17) is 9.97 Å². The van der Waals surface area contributed by atoms with Gasteiger partial charge in [-0.25, -0.2) is 4.98 Å². The Bertz CT molecular complexity index is 1360. The molecule has 9 nitrogen and oxygen atoms in total. The number of aryl methyl sites for hydroxylation is 1. The van der Waals surface area contributed by atoms with Crippen LogP contribution < -0.4 is 10.2 Å². The third-order valence-electron chi connectivity index (χ3n) is 6.63. The number of hydrogen-bond acceptors (Lipinski definition) is 6. The predicted octanol–water partition coefficient (Wildman–Crippen LogP) is 3.49. The molecule has 4 heterocycles. The number of carbonyl (C=O) groups excluding carboxylic acids is 1. The molecular formula is C25H31N7O2. The number of amides is 1. The zero-order chi connectivity index (χ0) is 24.0. The Morgan fingerprint density at radius 2 is 1.91 bits per heavy atom. The average molecular weight is 462 g/mol. The van der Waals surface area contributed by atoms with E-state index in [2.05, 4.69) is 45.2 Å². The maximum absolute atomic E-state index is 11.7. The summed E-state index contributed by atoms with van der Waals surface area (Å²) < 4.78 is 3.92. The predicted molar refractivity (Wildman–Crippen MR) is 134 cm³/mol. The second-order valence-corrected chi connectivity index (χ2v) is 9.25. The van der Waals surface area contributed by atoms with Gasteiger partial charge in [-0.15, -0.1) is 0 Å². The van der Waals surface area contributed by atoms with E-state index in [0.29, 0.717) is 50.0 Å². The summed E-state index contributed by atoms with van der Waals surface area (Å²) >= 11 is 0. The highest BCUT2D eigenvalue weighted by atomic mass is 16.3. The Labute approximate surface area is 198 Å². The third kappa shape index (κ3) is 3.91. The zero-order valence-electron chi connectivity index (χ0n) is 20.1. The summed E-state index contributed by atoms with van der Waals surface area (Å²) in [5.74, 6) is 1.48. The quantitative estimate of drug-likeness (QED) is 0.473. The molecule has 2 N–H and O–H groups in total. The standard InChI is InChI=1S/C25H31N7O2/c1-16(2)32-15-20-22(24(32)34)27-25(31-11-9-30(10-12-31)17(3)33)28-23(20)26-14-18-5-6-21-19(13-18)7-8-29(21)4/h5-8,13,15-16,34H,9-12,14H2,1-4H3,(H,26,27,28). The zero-order valence-corrected chi connectivity index (χ0v) is 20.1. The van der Waals surface area contributed by atoms with Gasteiger partial charge in [-0.1, -0.05) is 6.07 Å². The van der Waals surface area contributed by atoms with E-state index in [0.717, 1.165) is 10.9 Å². The molecule has 1 fully saturated rings. The highest BCUT2D eigenvalue weighted by Gasteiger charge is 2.24. The van der Waals surface area contributed by atoms with E-state index in [-0.39, 0.29) is 17.8 Å². The van der Waals surface area contributed by atoms with Crippen molar-refractivity contribution in [1.29, 1.82) is 0 Å². The van der Waals surface area contributed by atoms with E-state index in [1.165, 1.54) is 10.9 Å². The van der Waals surface area contributed by atoms with Gasteiger partial charge in [0.1, 0.15) is 11.3 Å². The van der Waals surface area contributed by atoms with Crippen molar-refractivity contribution in [3.8, 4) is 5.88 Å². The fourth-order valence-corrected chi connectivity index (χ4v) is 4.59. The van der Waals surface area contributed by atoms with E-state index >= 15 is 0 Å². The fourth-order valence-electron chi connectivity index (χ4n) is 4.59. The molecule has 0 spiro atoms. The van der Waals surface area contributed by atoms with Crippen LogP contribution in [0, 0.1) is 0 Å². The first kappa shape index (κ1) is 22.1. The number of aromatic nitrogens is 4. The third-order valence-corrected chi connectivity index (χ3v) is 6.63. The molecule has 5 rings (SSSR count). The summed E-state index contributed by atoms with van der Waals surface area (Å²) in [4.78, 5) is 25.2. The molecule has 1 amide bonds. The molecule has 0 bridgehead atoms. The summed E-state index contributed by atoms with van der Waals surface area (Å²) in [6.45, 7) is 8.82. The molecule has 178 valence electrons. The number of nitrogens with zero attached hydrogens (tertiary/aromatic N) is 6. The molecule has 1 saturated heterocycles. The molecule has 0 aliphatic carbocycles. The van der Waals surface area contributed by atoms with Crippen LogP contribution in [0.15, 0.2) is 36.7 Å². The lowest BCUT2D eigenvalue weighted by atomic mass is 10.1. The first-order valence-electron chi connectivity index (χ1n) is 11.7. The van der Waals surface area contributed by atoms with Crippen LogP contribution in [0.4, 0.5) is 11.8 Å². The summed E-state index contributed by atoms with van der Waals surface area (Å²) in [6, 6.07) is 8.63. The average Bonchev–Trinajstić information content (AvgIpc) is 3.37.